The number of hydrogen-bond acceptors (Lipinski definition) is 2. The summed E-state index contributed by atoms with van der Waals surface area (Å²) in [6.07, 6.45) is 8.61. The minimum Gasteiger partial charge on any atom is -0.465 e. The molecule has 0 atom stereocenters. The molecule has 0 unspecified atom stereocenters. The van der Waals surface area contributed by atoms with Crippen molar-refractivity contribution < 1.29 is 9.90 Å². The van der Waals surface area contributed by atoms with E-state index in [1.54, 1.807) is 7.05 Å². The third kappa shape index (κ3) is 6.42. The molecule has 116 valence electrons. The first-order chi connectivity index (χ1) is 9.52. The molecule has 0 aromatic rings. The highest BCUT2D eigenvalue weighted by molar-refractivity contribution is 5.64. The summed E-state index contributed by atoms with van der Waals surface area (Å²) in [5.74, 6) is 1.41. The van der Waals surface area contributed by atoms with Crippen LogP contribution in [-0.2, 0) is 0 Å². The van der Waals surface area contributed by atoms with Gasteiger partial charge in [0.2, 0.25) is 0 Å². The van der Waals surface area contributed by atoms with Crippen LogP contribution in [0.1, 0.15) is 38.5 Å². The van der Waals surface area contributed by atoms with Crippen molar-refractivity contribution in [1.82, 2.24) is 9.80 Å². The second-order valence-electron chi connectivity index (χ2n) is 6.24. The van der Waals surface area contributed by atoms with Gasteiger partial charge in [0, 0.05) is 20.1 Å². The summed E-state index contributed by atoms with van der Waals surface area (Å²) >= 11 is 0. The number of nitrogens with zero attached hydrogens (tertiary/aromatic N) is 2. The Labute approximate surface area is 123 Å². The van der Waals surface area contributed by atoms with E-state index in [-0.39, 0.29) is 0 Å². The van der Waals surface area contributed by atoms with Crippen molar-refractivity contribution in [1.29, 1.82) is 0 Å². The summed E-state index contributed by atoms with van der Waals surface area (Å²) in [6, 6.07) is 0. The van der Waals surface area contributed by atoms with Crippen LogP contribution in [0.2, 0.25) is 0 Å². The molecule has 0 radical (unpaired) electrons. The summed E-state index contributed by atoms with van der Waals surface area (Å²) in [6.45, 7) is 6.57. The predicted molar refractivity (Wildman–Crippen MR) is 83.0 cm³/mol. The molecular formula is C16H30N2O2. The lowest BCUT2D eigenvalue weighted by molar-refractivity contribution is 0.138. The molecule has 0 saturated heterocycles. The van der Waals surface area contributed by atoms with Crippen LogP contribution in [0.3, 0.4) is 0 Å². The number of likely N-dealkylation sites (N-methyl/N-ethyl adjacent to an activating group) is 1. The van der Waals surface area contributed by atoms with Crippen LogP contribution in [0, 0.1) is 11.8 Å². The zero-order valence-corrected chi connectivity index (χ0v) is 13.1. The molecule has 0 aromatic heterocycles. The fourth-order valence-electron chi connectivity index (χ4n) is 3.13. The zero-order valence-electron chi connectivity index (χ0n) is 13.1. The third-order valence-electron chi connectivity index (χ3n) is 4.42. The second kappa shape index (κ2) is 9.01. The van der Waals surface area contributed by atoms with Crippen molar-refractivity contribution in [2.24, 2.45) is 11.8 Å². The molecule has 0 bridgehead atoms. The Balaban J connectivity index is 2.13. The van der Waals surface area contributed by atoms with Gasteiger partial charge in [-0.15, -0.1) is 6.58 Å². The average molecular weight is 282 g/mol. The highest BCUT2D eigenvalue weighted by Crippen LogP contribution is 2.31. The van der Waals surface area contributed by atoms with Crippen molar-refractivity contribution in [3.63, 3.8) is 0 Å². The van der Waals surface area contributed by atoms with E-state index in [1.807, 2.05) is 6.08 Å². The van der Waals surface area contributed by atoms with E-state index < -0.39 is 6.09 Å². The molecule has 1 saturated carbocycles. The molecule has 0 aromatic carbocycles. The van der Waals surface area contributed by atoms with Crippen LogP contribution >= 0.6 is 0 Å². The largest absolute Gasteiger partial charge is 0.465 e. The summed E-state index contributed by atoms with van der Waals surface area (Å²) in [7, 11) is 3.81. The van der Waals surface area contributed by atoms with Gasteiger partial charge in [-0.05, 0) is 51.1 Å². The number of carbonyl (C=O) groups is 1. The fourth-order valence-corrected chi connectivity index (χ4v) is 3.13. The number of hydrogen-bond donors (Lipinski definition) is 1. The van der Waals surface area contributed by atoms with E-state index >= 15 is 0 Å². The van der Waals surface area contributed by atoms with Gasteiger partial charge in [-0.1, -0.05) is 18.9 Å². The van der Waals surface area contributed by atoms with Gasteiger partial charge in [0.15, 0.2) is 0 Å². The van der Waals surface area contributed by atoms with Gasteiger partial charge >= 0.3 is 6.09 Å². The topological polar surface area (TPSA) is 43.8 Å². The van der Waals surface area contributed by atoms with E-state index in [2.05, 4.69) is 18.5 Å². The minimum atomic E-state index is -0.808. The summed E-state index contributed by atoms with van der Waals surface area (Å²) in [5.41, 5.74) is 0. The van der Waals surface area contributed by atoms with Gasteiger partial charge in [0.05, 0.1) is 0 Å². The summed E-state index contributed by atoms with van der Waals surface area (Å²) < 4.78 is 0. The normalized spacial score (nSPS) is 22.8. The van der Waals surface area contributed by atoms with Crippen LogP contribution in [0.15, 0.2) is 12.7 Å². The van der Waals surface area contributed by atoms with Gasteiger partial charge in [0.1, 0.15) is 0 Å². The molecule has 20 heavy (non-hydrogen) atoms. The Bertz CT molecular complexity index is 299. The Hall–Kier alpha value is -1.03. The maximum atomic E-state index is 10.8. The predicted octanol–water partition coefficient (Wildman–Crippen LogP) is 3.30. The lowest BCUT2D eigenvalue weighted by Crippen LogP contribution is -2.32. The first-order valence-corrected chi connectivity index (χ1v) is 7.76. The van der Waals surface area contributed by atoms with Crippen molar-refractivity contribution in [2.45, 2.75) is 38.5 Å². The average Bonchev–Trinajstić information content (AvgIpc) is 2.41. The van der Waals surface area contributed by atoms with Crippen LogP contribution in [-0.4, -0.2) is 54.7 Å². The van der Waals surface area contributed by atoms with Gasteiger partial charge in [-0.2, -0.15) is 0 Å². The molecule has 1 N–H and O–H groups in total. The van der Waals surface area contributed by atoms with Gasteiger partial charge in [-0.25, -0.2) is 4.79 Å². The first-order valence-electron chi connectivity index (χ1n) is 7.76. The maximum absolute atomic E-state index is 10.8. The molecule has 1 fully saturated rings. The van der Waals surface area contributed by atoms with E-state index in [1.165, 1.54) is 43.4 Å². The first kappa shape index (κ1) is 17.0. The standard InChI is InChI=1S/C16H30N2O2/c1-4-11-17(2)12-5-6-14-7-9-15(10-8-14)13-18(3)16(19)20/h4,14-15H,1,5-13H2,2-3H3,(H,19,20). The second-order valence-corrected chi connectivity index (χ2v) is 6.24. The van der Waals surface area contributed by atoms with Crippen LogP contribution in [0.4, 0.5) is 4.79 Å². The number of amides is 1. The summed E-state index contributed by atoms with van der Waals surface area (Å²) in [4.78, 5) is 14.5. The molecule has 4 nitrogen and oxygen atoms in total. The summed E-state index contributed by atoms with van der Waals surface area (Å²) in [5, 5.41) is 8.89. The van der Waals surface area contributed by atoms with Crippen molar-refractivity contribution in [3.8, 4) is 0 Å². The van der Waals surface area contributed by atoms with Gasteiger partial charge in [-0.3, -0.25) is 0 Å². The van der Waals surface area contributed by atoms with Crippen molar-refractivity contribution in [3.05, 3.63) is 12.7 Å². The highest BCUT2D eigenvalue weighted by Gasteiger charge is 2.23. The molecule has 1 amide bonds. The van der Waals surface area contributed by atoms with Crippen LogP contribution in [0.25, 0.3) is 0 Å². The molecule has 4 heteroatoms. The minimum absolute atomic E-state index is 0.566. The Morgan fingerprint density at radius 2 is 1.85 bits per heavy atom. The Morgan fingerprint density at radius 3 is 2.40 bits per heavy atom. The molecular weight excluding hydrogens is 252 g/mol. The zero-order chi connectivity index (χ0) is 15.0. The number of carboxylic acid groups (broad SMARTS) is 1. The SMILES string of the molecule is C=CCN(C)CCCC1CCC(CN(C)C(=O)O)CC1. The van der Waals surface area contributed by atoms with E-state index in [9.17, 15) is 4.79 Å². The molecule has 0 aliphatic heterocycles. The molecule has 1 aliphatic carbocycles. The quantitative estimate of drug-likeness (QED) is 0.695. The monoisotopic (exact) mass is 282 g/mol. The lowest BCUT2D eigenvalue weighted by atomic mass is 9.80. The van der Waals surface area contributed by atoms with Crippen LogP contribution < -0.4 is 0 Å². The highest BCUT2D eigenvalue weighted by atomic mass is 16.4. The smallest absolute Gasteiger partial charge is 0.407 e. The van der Waals surface area contributed by atoms with Crippen molar-refractivity contribution >= 4 is 6.09 Å². The fraction of sp³-hybridized carbons (Fsp3) is 0.812. The van der Waals surface area contributed by atoms with E-state index in [0.717, 1.165) is 19.0 Å². The van der Waals surface area contributed by atoms with Gasteiger partial charge in [0.25, 0.3) is 0 Å². The Morgan fingerprint density at radius 1 is 1.25 bits per heavy atom. The third-order valence-corrected chi connectivity index (χ3v) is 4.42. The van der Waals surface area contributed by atoms with Crippen LogP contribution in [0.5, 0.6) is 0 Å². The van der Waals surface area contributed by atoms with E-state index in [0.29, 0.717) is 12.5 Å². The van der Waals surface area contributed by atoms with Gasteiger partial charge < -0.3 is 14.9 Å². The molecule has 1 aliphatic rings. The Kier molecular flexibility index (Phi) is 7.67. The van der Waals surface area contributed by atoms with E-state index in [4.69, 9.17) is 5.11 Å². The molecule has 0 heterocycles. The molecule has 1 rings (SSSR count). The number of rotatable bonds is 8. The van der Waals surface area contributed by atoms with Crippen molar-refractivity contribution in [2.75, 3.05) is 33.7 Å². The lowest BCUT2D eigenvalue weighted by Gasteiger charge is -2.30. The molecule has 0 spiro atoms. The maximum Gasteiger partial charge on any atom is 0.407 e.